The maximum absolute atomic E-state index is 12.4. The van der Waals surface area contributed by atoms with Gasteiger partial charge >= 0.3 is 0 Å². The SMILES string of the molecule is CC(C)(C)OCc1ccc(C(=O)Nc2ccc3sc(CO)nc3c2)cc1. The molecule has 3 aromatic rings. The van der Waals surface area contributed by atoms with Crippen molar-refractivity contribution in [1.82, 2.24) is 4.98 Å². The van der Waals surface area contributed by atoms with Crippen LogP contribution in [0.5, 0.6) is 0 Å². The van der Waals surface area contributed by atoms with E-state index in [9.17, 15) is 9.90 Å². The summed E-state index contributed by atoms with van der Waals surface area (Å²) in [5, 5.41) is 12.7. The highest BCUT2D eigenvalue weighted by molar-refractivity contribution is 7.18. The summed E-state index contributed by atoms with van der Waals surface area (Å²) in [6.45, 7) is 6.47. The number of aliphatic hydroxyl groups is 1. The van der Waals surface area contributed by atoms with Gasteiger partial charge in [0, 0.05) is 11.3 Å². The van der Waals surface area contributed by atoms with Gasteiger partial charge in [0.2, 0.25) is 0 Å². The molecule has 2 aromatic carbocycles. The normalized spacial score (nSPS) is 11.7. The molecule has 2 N–H and O–H groups in total. The molecule has 0 aliphatic heterocycles. The summed E-state index contributed by atoms with van der Waals surface area (Å²) in [5.41, 5.74) is 2.86. The number of carbonyl (C=O) groups excluding carboxylic acids is 1. The fraction of sp³-hybridized carbons (Fsp3) is 0.300. The molecule has 0 bridgehead atoms. The molecular weight excluding hydrogens is 348 g/mol. The first kappa shape index (κ1) is 18.5. The molecule has 0 fully saturated rings. The molecule has 0 aliphatic carbocycles. The number of hydrogen-bond donors (Lipinski definition) is 2. The van der Waals surface area contributed by atoms with Crippen molar-refractivity contribution in [2.45, 2.75) is 39.6 Å². The molecule has 0 saturated carbocycles. The van der Waals surface area contributed by atoms with Crippen LogP contribution in [0.1, 0.15) is 41.7 Å². The minimum absolute atomic E-state index is 0.0771. The van der Waals surface area contributed by atoms with Crippen molar-refractivity contribution < 1.29 is 14.6 Å². The minimum Gasteiger partial charge on any atom is -0.389 e. The smallest absolute Gasteiger partial charge is 0.255 e. The molecule has 0 aliphatic rings. The number of thiazole rings is 1. The Kier molecular flexibility index (Phi) is 5.36. The van der Waals surface area contributed by atoms with E-state index in [0.29, 0.717) is 22.9 Å². The van der Waals surface area contributed by atoms with Crippen molar-refractivity contribution in [3.63, 3.8) is 0 Å². The van der Waals surface area contributed by atoms with Gasteiger partial charge in [0.05, 0.1) is 29.0 Å². The van der Waals surface area contributed by atoms with E-state index in [1.54, 1.807) is 12.1 Å². The van der Waals surface area contributed by atoms with Crippen LogP contribution in [-0.2, 0) is 18.0 Å². The lowest BCUT2D eigenvalue weighted by Gasteiger charge is -2.19. The van der Waals surface area contributed by atoms with Crippen LogP contribution in [0.4, 0.5) is 5.69 Å². The first-order valence-electron chi connectivity index (χ1n) is 8.39. The van der Waals surface area contributed by atoms with Gasteiger partial charge in [-0.3, -0.25) is 4.79 Å². The third-order valence-electron chi connectivity index (χ3n) is 3.71. The van der Waals surface area contributed by atoms with Gasteiger partial charge in [0.25, 0.3) is 5.91 Å². The molecule has 0 spiro atoms. The summed E-state index contributed by atoms with van der Waals surface area (Å²) in [4.78, 5) is 16.8. The maximum Gasteiger partial charge on any atom is 0.255 e. The Bertz CT molecular complexity index is 911. The van der Waals surface area contributed by atoms with Crippen LogP contribution in [0, 0.1) is 0 Å². The van der Waals surface area contributed by atoms with Crippen molar-refractivity contribution in [2.24, 2.45) is 0 Å². The van der Waals surface area contributed by atoms with Crippen LogP contribution in [0.3, 0.4) is 0 Å². The highest BCUT2D eigenvalue weighted by Gasteiger charge is 2.11. The van der Waals surface area contributed by atoms with Gasteiger partial charge in [-0.25, -0.2) is 4.98 Å². The van der Waals surface area contributed by atoms with Crippen molar-refractivity contribution in [1.29, 1.82) is 0 Å². The summed E-state index contributed by atoms with van der Waals surface area (Å²) >= 11 is 1.44. The number of carbonyl (C=O) groups is 1. The van der Waals surface area contributed by atoms with Gasteiger partial charge in [-0.1, -0.05) is 12.1 Å². The van der Waals surface area contributed by atoms with Gasteiger partial charge in [0.15, 0.2) is 0 Å². The Morgan fingerprint density at radius 3 is 2.58 bits per heavy atom. The number of aromatic nitrogens is 1. The van der Waals surface area contributed by atoms with E-state index in [4.69, 9.17) is 4.74 Å². The highest BCUT2D eigenvalue weighted by atomic mass is 32.1. The van der Waals surface area contributed by atoms with Crippen LogP contribution in [-0.4, -0.2) is 21.6 Å². The highest BCUT2D eigenvalue weighted by Crippen LogP contribution is 2.25. The van der Waals surface area contributed by atoms with E-state index >= 15 is 0 Å². The number of anilines is 1. The summed E-state index contributed by atoms with van der Waals surface area (Å²) in [6, 6.07) is 12.9. The van der Waals surface area contributed by atoms with Gasteiger partial charge < -0.3 is 15.2 Å². The lowest BCUT2D eigenvalue weighted by molar-refractivity contribution is -0.0149. The Labute approximate surface area is 156 Å². The molecule has 1 aromatic heterocycles. The molecular formula is C20H22N2O3S. The monoisotopic (exact) mass is 370 g/mol. The van der Waals surface area contributed by atoms with Crippen LogP contribution >= 0.6 is 11.3 Å². The fourth-order valence-corrected chi connectivity index (χ4v) is 3.18. The lowest BCUT2D eigenvalue weighted by Crippen LogP contribution is -2.18. The van der Waals surface area contributed by atoms with Gasteiger partial charge in [0.1, 0.15) is 5.01 Å². The number of nitrogens with zero attached hydrogens (tertiary/aromatic N) is 1. The third-order valence-corrected chi connectivity index (χ3v) is 4.73. The van der Waals surface area contributed by atoms with Crippen LogP contribution in [0.15, 0.2) is 42.5 Å². The number of hydrogen-bond acceptors (Lipinski definition) is 5. The molecule has 5 nitrogen and oxygen atoms in total. The van der Waals surface area contributed by atoms with E-state index in [0.717, 1.165) is 15.8 Å². The Balaban J connectivity index is 1.67. The molecule has 0 saturated heterocycles. The zero-order chi connectivity index (χ0) is 18.7. The molecule has 26 heavy (non-hydrogen) atoms. The minimum atomic E-state index is -0.194. The number of ether oxygens (including phenoxy) is 1. The third kappa shape index (κ3) is 4.66. The summed E-state index contributed by atoms with van der Waals surface area (Å²) in [6.07, 6.45) is 0. The number of aliphatic hydroxyl groups excluding tert-OH is 1. The molecule has 0 unspecified atom stereocenters. The zero-order valence-corrected chi connectivity index (χ0v) is 15.9. The molecule has 0 atom stereocenters. The number of fused-ring (bicyclic) bond motifs is 1. The summed E-state index contributed by atoms with van der Waals surface area (Å²) in [5.74, 6) is -0.176. The lowest BCUT2D eigenvalue weighted by atomic mass is 10.1. The Morgan fingerprint density at radius 1 is 1.19 bits per heavy atom. The van der Waals surface area contributed by atoms with Crippen molar-refractivity contribution in [3.05, 3.63) is 58.6 Å². The summed E-state index contributed by atoms with van der Waals surface area (Å²) < 4.78 is 6.72. The second kappa shape index (κ2) is 7.53. The van der Waals surface area contributed by atoms with Crippen molar-refractivity contribution >= 4 is 33.1 Å². The molecule has 0 radical (unpaired) electrons. The fourth-order valence-electron chi connectivity index (χ4n) is 2.38. The number of rotatable bonds is 5. The number of amides is 1. The average molecular weight is 370 g/mol. The van der Waals surface area contributed by atoms with Crippen LogP contribution in [0.2, 0.25) is 0 Å². The van der Waals surface area contributed by atoms with E-state index in [1.165, 1.54) is 11.3 Å². The zero-order valence-electron chi connectivity index (χ0n) is 15.1. The first-order valence-corrected chi connectivity index (χ1v) is 9.20. The van der Waals surface area contributed by atoms with Gasteiger partial charge in [-0.05, 0) is 56.7 Å². The van der Waals surface area contributed by atoms with Gasteiger partial charge in [-0.2, -0.15) is 0 Å². The topological polar surface area (TPSA) is 71.5 Å². The van der Waals surface area contributed by atoms with Crippen molar-refractivity contribution in [2.75, 3.05) is 5.32 Å². The van der Waals surface area contributed by atoms with Gasteiger partial charge in [-0.15, -0.1) is 11.3 Å². The van der Waals surface area contributed by atoms with Crippen LogP contribution < -0.4 is 5.32 Å². The quantitative estimate of drug-likeness (QED) is 0.700. The molecule has 6 heteroatoms. The second-order valence-electron chi connectivity index (χ2n) is 7.00. The van der Waals surface area contributed by atoms with E-state index in [2.05, 4.69) is 10.3 Å². The predicted octanol–water partition coefficient (Wildman–Crippen LogP) is 4.36. The van der Waals surface area contributed by atoms with E-state index in [-0.39, 0.29) is 18.1 Å². The molecule has 1 amide bonds. The molecule has 3 rings (SSSR count). The number of benzene rings is 2. The average Bonchev–Trinajstić information content (AvgIpc) is 3.02. The van der Waals surface area contributed by atoms with Crippen molar-refractivity contribution in [3.8, 4) is 0 Å². The van der Waals surface area contributed by atoms with Crippen LogP contribution in [0.25, 0.3) is 10.2 Å². The molecule has 1 heterocycles. The standard InChI is InChI=1S/C20H22N2O3S/c1-20(2,3)25-12-13-4-6-14(7-5-13)19(24)21-15-8-9-17-16(10-15)22-18(11-23)26-17/h4-10,23H,11-12H2,1-3H3,(H,21,24). The Hall–Kier alpha value is -2.28. The first-order chi connectivity index (χ1) is 12.3. The molecule has 136 valence electrons. The van der Waals surface area contributed by atoms with E-state index in [1.807, 2.05) is 51.1 Å². The predicted molar refractivity (Wildman–Crippen MR) is 104 cm³/mol. The largest absolute Gasteiger partial charge is 0.389 e. The van der Waals surface area contributed by atoms with E-state index < -0.39 is 0 Å². The Morgan fingerprint density at radius 2 is 1.92 bits per heavy atom. The maximum atomic E-state index is 12.4. The second-order valence-corrected chi connectivity index (χ2v) is 8.12. The summed E-state index contributed by atoms with van der Waals surface area (Å²) in [7, 11) is 0. The number of nitrogens with one attached hydrogen (secondary N) is 1.